The first-order valence-electron chi connectivity index (χ1n) is 4.23. The van der Waals surface area contributed by atoms with Crippen molar-refractivity contribution >= 4 is 0 Å². The van der Waals surface area contributed by atoms with Gasteiger partial charge in [0.25, 0.3) is 0 Å². The van der Waals surface area contributed by atoms with Gasteiger partial charge in [-0.3, -0.25) is 0 Å². The zero-order valence-electron chi connectivity index (χ0n) is 9.18. The Morgan fingerprint density at radius 3 is 1.36 bits per heavy atom. The molecular formula is C12H11CsO. The molecule has 0 heterocycles. The van der Waals surface area contributed by atoms with E-state index in [1.54, 1.807) is 0 Å². The van der Waals surface area contributed by atoms with Crippen LogP contribution in [0.25, 0.3) is 0 Å². The second kappa shape index (κ2) is 6.72. The van der Waals surface area contributed by atoms with Gasteiger partial charge in [-0.05, 0) is 24.3 Å². The van der Waals surface area contributed by atoms with Crippen molar-refractivity contribution in [2.24, 2.45) is 0 Å². The minimum Gasteiger partial charge on any atom is -1.00 e. The van der Waals surface area contributed by atoms with Crippen molar-refractivity contribution in [2.75, 3.05) is 0 Å². The predicted octanol–water partition coefficient (Wildman–Crippen LogP) is 0.595. The Morgan fingerprint density at radius 1 is 0.643 bits per heavy atom. The van der Waals surface area contributed by atoms with Gasteiger partial charge in [-0.25, -0.2) is 0 Å². The molecule has 2 rings (SSSR count). The average Bonchev–Trinajstić information content (AvgIpc) is 2.21. The van der Waals surface area contributed by atoms with Crippen molar-refractivity contribution in [3.63, 3.8) is 0 Å². The minimum absolute atomic E-state index is 0. The quantitative estimate of drug-likeness (QED) is 0.789. The van der Waals surface area contributed by atoms with Crippen molar-refractivity contribution < 1.29 is 75.1 Å². The number of hydrogen-bond acceptors (Lipinski definition) is 1. The smallest absolute Gasteiger partial charge is 1.00 e. The summed E-state index contributed by atoms with van der Waals surface area (Å²) in [7, 11) is 0. The fourth-order valence-corrected chi connectivity index (χ4v) is 1.11. The molecule has 2 aromatic rings. The third-order valence-corrected chi connectivity index (χ3v) is 1.72. The summed E-state index contributed by atoms with van der Waals surface area (Å²) in [6.45, 7) is 0. The molecule has 0 saturated heterocycles. The van der Waals surface area contributed by atoms with Gasteiger partial charge in [0.05, 0.1) is 0 Å². The van der Waals surface area contributed by atoms with E-state index >= 15 is 0 Å². The summed E-state index contributed by atoms with van der Waals surface area (Å²) < 4.78 is 5.58. The van der Waals surface area contributed by atoms with Crippen LogP contribution in [-0.2, 0) is 0 Å². The SMILES string of the molecule is [Cs+].[H-].c1ccc(Oc2ccccc2)cc1. The zero-order chi connectivity index (χ0) is 8.93. The molecule has 0 spiro atoms. The molecule has 0 aromatic heterocycles. The van der Waals surface area contributed by atoms with E-state index in [1.807, 2.05) is 60.7 Å². The molecule has 0 aliphatic rings. The summed E-state index contributed by atoms with van der Waals surface area (Å²) in [5.74, 6) is 1.74. The van der Waals surface area contributed by atoms with E-state index in [0.717, 1.165) is 11.5 Å². The molecule has 2 heteroatoms. The van der Waals surface area contributed by atoms with Crippen molar-refractivity contribution in [3.05, 3.63) is 60.7 Å². The van der Waals surface area contributed by atoms with E-state index in [-0.39, 0.29) is 70.3 Å². The summed E-state index contributed by atoms with van der Waals surface area (Å²) in [5.41, 5.74) is 0. The van der Waals surface area contributed by atoms with Crippen LogP contribution >= 0.6 is 0 Å². The van der Waals surface area contributed by atoms with Crippen LogP contribution in [0.3, 0.4) is 0 Å². The maximum absolute atomic E-state index is 5.58. The standard InChI is InChI=1S/C12H10O.Cs.H/c1-3-7-11(8-4-1)13-12-9-5-2-6-10-12;;/h1-10H;;/q;+1;-1. The number of rotatable bonds is 2. The molecule has 0 aliphatic carbocycles. The molecule has 0 N–H and O–H groups in total. The Kier molecular flexibility index (Phi) is 5.93. The number of hydrogen-bond donors (Lipinski definition) is 0. The molecule has 0 saturated carbocycles. The molecule has 66 valence electrons. The Labute approximate surface area is 144 Å². The van der Waals surface area contributed by atoms with Gasteiger partial charge in [0.15, 0.2) is 0 Å². The molecule has 1 nitrogen and oxygen atoms in total. The van der Waals surface area contributed by atoms with E-state index in [4.69, 9.17) is 4.74 Å². The van der Waals surface area contributed by atoms with Crippen LogP contribution in [0.1, 0.15) is 1.43 Å². The van der Waals surface area contributed by atoms with Crippen molar-refractivity contribution in [1.29, 1.82) is 0 Å². The summed E-state index contributed by atoms with van der Waals surface area (Å²) >= 11 is 0. The Bertz CT molecular complexity index is 326. The normalized spacial score (nSPS) is 8.86. The molecule has 0 atom stereocenters. The van der Waals surface area contributed by atoms with Gasteiger partial charge in [0, 0.05) is 0 Å². The summed E-state index contributed by atoms with van der Waals surface area (Å²) in [6.07, 6.45) is 0. The fourth-order valence-electron chi connectivity index (χ4n) is 1.11. The van der Waals surface area contributed by atoms with Crippen LogP contribution in [0.2, 0.25) is 0 Å². The molecular weight excluding hydrogens is 293 g/mol. The average molecular weight is 304 g/mol. The van der Waals surface area contributed by atoms with E-state index in [2.05, 4.69) is 0 Å². The third kappa shape index (κ3) is 3.81. The Morgan fingerprint density at radius 2 is 1.00 bits per heavy atom. The molecule has 0 fully saturated rings. The van der Waals surface area contributed by atoms with Crippen LogP contribution in [0, 0.1) is 0 Å². The maximum Gasteiger partial charge on any atom is 1.00 e. The first-order chi connectivity index (χ1) is 6.45. The van der Waals surface area contributed by atoms with Crippen molar-refractivity contribution in [3.8, 4) is 11.5 Å². The molecule has 0 unspecified atom stereocenters. The van der Waals surface area contributed by atoms with Gasteiger partial charge in [-0.2, -0.15) is 0 Å². The second-order valence-electron chi connectivity index (χ2n) is 2.73. The van der Waals surface area contributed by atoms with Gasteiger partial charge in [0.1, 0.15) is 11.5 Å². The zero-order valence-corrected chi connectivity index (χ0v) is 14.5. The molecule has 14 heavy (non-hydrogen) atoms. The molecule has 2 aromatic carbocycles. The number of ether oxygens (including phenoxy) is 1. The van der Waals surface area contributed by atoms with Crippen LogP contribution in [0.5, 0.6) is 11.5 Å². The summed E-state index contributed by atoms with van der Waals surface area (Å²) in [5, 5.41) is 0. The van der Waals surface area contributed by atoms with Gasteiger partial charge in [-0.15, -0.1) is 0 Å². The van der Waals surface area contributed by atoms with Gasteiger partial charge >= 0.3 is 68.9 Å². The number of para-hydroxylation sites is 2. The summed E-state index contributed by atoms with van der Waals surface area (Å²) in [6, 6.07) is 19.5. The third-order valence-electron chi connectivity index (χ3n) is 1.72. The first-order valence-corrected chi connectivity index (χ1v) is 4.23. The van der Waals surface area contributed by atoms with Crippen molar-refractivity contribution in [2.45, 2.75) is 0 Å². The Hall–Kier alpha value is 0.292. The van der Waals surface area contributed by atoms with Gasteiger partial charge in [0.2, 0.25) is 0 Å². The van der Waals surface area contributed by atoms with Crippen LogP contribution in [-0.4, -0.2) is 0 Å². The summed E-state index contributed by atoms with van der Waals surface area (Å²) in [4.78, 5) is 0. The largest absolute Gasteiger partial charge is 1.00 e. The molecule has 0 radical (unpaired) electrons. The monoisotopic (exact) mass is 304 g/mol. The van der Waals surface area contributed by atoms with Crippen molar-refractivity contribution in [1.82, 2.24) is 0 Å². The van der Waals surface area contributed by atoms with Crippen LogP contribution in [0.15, 0.2) is 60.7 Å². The predicted molar refractivity (Wildman–Crippen MR) is 54.1 cm³/mol. The van der Waals surface area contributed by atoms with E-state index in [1.165, 1.54) is 0 Å². The van der Waals surface area contributed by atoms with Gasteiger partial charge < -0.3 is 6.16 Å². The van der Waals surface area contributed by atoms with E-state index in [9.17, 15) is 0 Å². The Balaban J connectivity index is 0.000000980. The molecule has 0 aliphatic heterocycles. The van der Waals surface area contributed by atoms with Crippen LogP contribution < -0.4 is 73.6 Å². The number of benzene rings is 2. The van der Waals surface area contributed by atoms with E-state index in [0.29, 0.717) is 0 Å². The molecule has 0 amide bonds. The first kappa shape index (κ1) is 12.4. The second-order valence-corrected chi connectivity index (χ2v) is 2.73. The van der Waals surface area contributed by atoms with Gasteiger partial charge in [-0.1, -0.05) is 36.4 Å². The minimum atomic E-state index is 0. The fraction of sp³-hybridized carbons (Fsp3) is 0. The maximum atomic E-state index is 5.58. The van der Waals surface area contributed by atoms with Crippen LogP contribution in [0.4, 0.5) is 0 Å². The van der Waals surface area contributed by atoms with E-state index < -0.39 is 0 Å². The topological polar surface area (TPSA) is 9.23 Å². The molecule has 0 bridgehead atoms.